The van der Waals surface area contributed by atoms with E-state index in [0.717, 1.165) is 32.8 Å². The van der Waals surface area contributed by atoms with Crippen LogP contribution in [0.4, 0.5) is 4.79 Å². The average Bonchev–Trinajstić information content (AvgIpc) is 2.26. The van der Waals surface area contributed by atoms with Crippen molar-refractivity contribution in [2.75, 3.05) is 53.6 Å². The van der Waals surface area contributed by atoms with Crippen LogP contribution < -0.4 is 0 Å². The van der Waals surface area contributed by atoms with Gasteiger partial charge < -0.3 is 14.4 Å². The third-order valence-corrected chi connectivity index (χ3v) is 2.34. The van der Waals surface area contributed by atoms with Crippen molar-refractivity contribution in [1.82, 2.24) is 9.80 Å². The number of hydrogen-bond donors (Lipinski definition) is 0. The molecule has 5 heteroatoms. The number of nitrogens with zero attached hydrogens (tertiary/aromatic N) is 2. The molecule has 1 saturated heterocycles. The van der Waals surface area contributed by atoms with Gasteiger partial charge in [-0.1, -0.05) is 0 Å². The van der Waals surface area contributed by atoms with E-state index in [-0.39, 0.29) is 6.09 Å². The summed E-state index contributed by atoms with van der Waals surface area (Å²) in [5, 5.41) is 0. The fourth-order valence-electron chi connectivity index (χ4n) is 1.36. The van der Waals surface area contributed by atoms with E-state index in [9.17, 15) is 4.79 Å². The van der Waals surface area contributed by atoms with E-state index in [1.165, 1.54) is 7.11 Å². The molecule has 5 nitrogen and oxygen atoms in total. The molecule has 82 valence electrons. The van der Waals surface area contributed by atoms with Crippen LogP contribution in [-0.4, -0.2) is 69.4 Å². The second-order valence-corrected chi connectivity index (χ2v) is 3.35. The van der Waals surface area contributed by atoms with Gasteiger partial charge in [-0.05, 0) is 0 Å². The highest BCUT2D eigenvalue weighted by molar-refractivity contribution is 5.66. The number of carbonyl (C=O) groups excluding carboxylic acids is 1. The molecule has 14 heavy (non-hydrogen) atoms. The van der Waals surface area contributed by atoms with E-state index in [1.807, 2.05) is 0 Å². The summed E-state index contributed by atoms with van der Waals surface area (Å²) in [7, 11) is 3.14. The highest BCUT2D eigenvalue weighted by Crippen LogP contribution is 1.97. The number of rotatable bonds is 3. The van der Waals surface area contributed by atoms with Crippen molar-refractivity contribution in [2.24, 2.45) is 0 Å². The third-order valence-electron chi connectivity index (χ3n) is 2.34. The molecule has 0 aliphatic carbocycles. The molecule has 0 atom stereocenters. The summed E-state index contributed by atoms with van der Waals surface area (Å²) in [5.41, 5.74) is 0. The van der Waals surface area contributed by atoms with Crippen LogP contribution in [0.1, 0.15) is 0 Å². The lowest BCUT2D eigenvalue weighted by Gasteiger charge is -2.28. The van der Waals surface area contributed by atoms with E-state index < -0.39 is 0 Å². The molecule has 0 aromatic heterocycles. The number of morpholine rings is 1. The molecular weight excluding hydrogens is 184 g/mol. The molecule has 0 saturated carbocycles. The van der Waals surface area contributed by atoms with Crippen LogP contribution in [0.3, 0.4) is 0 Å². The van der Waals surface area contributed by atoms with E-state index in [4.69, 9.17) is 4.74 Å². The topological polar surface area (TPSA) is 42.0 Å². The zero-order chi connectivity index (χ0) is 10.4. The SMILES string of the molecule is COC(=O)N(C)CCN1CCOCC1. The molecule has 0 radical (unpaired) electrons. The quantitative estimate of drug-likeness (QED) is 0.647. The Morgan fingerprint density at radius 2 is 2.14 bits per heavy atom. The van der Waals surface area contributed by atoms with E-state index in [0.29, 0.717) is 6.54 Å². The highest BCUT2D eigenvalue weighted by atomic mass is 16.5. The number of methoxy groups -OCH3 is 1. The van der Waals surface area contributed by atoms with E-state index in [1.54, 1.807) is 11.9 Å². The van der Waals surface area contributed by atoms with Crippen molar-refractivity contribution in [3.63, 3.8) is 0 Å². The van der Waals surface area contributed by atoms with Crippen LogP contribution in [0.25, 0.3) is 0 Å². The Bertz CT molecular complexity index is 181. The summed E-state index contributed by atoms with van der Waals surface area (Å²) >= 11 is 0. The maximum Gasteiger partial charge on any atom is 0.409 e. The van der Waals surface area contributed by atoms with Crippen molar-refractivity contribution in [3.05, 3.63) is 0 Å². The summed E-state index contributed by atoms with van der Waals surface area (Å²) in [6, 6.07) is 0. The van der Waals surface area contributed by atoms with Gasteiger partial charge in [0.15, 0.2) is 0 Å². The molecule has 0 spiro atoms. The summed E-state index contributed by atoms with van der Waals surface area (Å²) in [6.45, 7) is 5.08. The van der Waals surface area contributed by atoms with Gasteiger partial charge in [0.2, 0.25) is 0 Å². The second-order valence-electron chi connectivity index (χ2n) is 3.35. The van der Waals surface area contributed by atoms with Gasteiger partial charge in [0.1, 0.15) is 0 Å². The molecule has 1 rings (SSSR count). The number of carbonyl (C=O) groups is 1. The minimum atomic E-state index is -0.279. The molecule has 0 bridgehead atoms. The maximum atomic E-state index is 11.0. The summed E-state index contributed by atoms with van der Waals surface area (Å²) in [5.74, 6) is 0. The Labute approximate surface area is 84.6 Å². The van der Waals surface area contributed by atoms with Crippen molar-refractivity contribution >= 4 is 6.09 Å². The Morgan fingerprint density at radius 1 is 1.50 bits per heavy atom. The van der Waals surface area contributed by atoms with Gasteiger partial charge in [-0.15, -0.1) is 0 Å². The maximum absolute atomic E-state index is 11.0. The van der Waals surface area contributed by atoms with Crippen LogP contribution in [0.2, 0.25) is 0 Å². The van der Waals surface area contributed by atoms with Crippen molar-refractivity contribution in [2.45, 2.75) is 0 Å². The first-order chi connectivity index (χ1) is 6.74. The van der Waals surface area contributed by atoms with Gasteiger partial charge in [0, 0.05) is 33.2 Å². The lowest BCUT2D eigenvalue weighted by atomic mass is 10.4. The van der Waals surface area contributed by atoms with Crippen LogP contribution >= 0.6 is 0 Å². The third kappa shape index (κ3) is 3.51. The predicted octanol–water partition coefficient (Wildman–Crippen LogP) is 0.0168. The summed E-state index contributed by atoms with van der Waals surface area (Å²) in [4.78, 5) is 14.9. The van der Waals surface area contributed by atoms with Crippen LogP contribution in [0, 0.1) is 0 Å². The number of hydrogen-bond acceptors (Lipinski definition) is 4. The first kappa shape index (κ1) is 11.3. The van der Waals surface area contributed by atoms with Crippen LogP contribution in [0.15, 0.2) is 0 Å². The Hall–Kier alpha value is -0.810. The molecule has 1 heterocycles. The van der Waals surface area contributed by atoms with Gasteiger partial charge in [0.25, 0.3) is 0 Å². The monoisotopic (exact) mass is 202 g/mol. The summed E-state index contributed by atoms with van der Waals surface area (Å²) < 4.78 is 9.82. The smallest absolute Gasteiger partial charge is 0.409 e. The van der Waals surface area contributed by atoms with Gasteiger partial charge in [-0.3, -0.25) is 4.90 Å². The number of likely N-dealkylation sites (N-methyl/N-ethyl adjacent to an activating group) is 1. The largest absolute Gasteiger partial charge is 0.453 e. The van der Waals surface area contributed by atoms with Gasteiger partial charge in [-0.25, -0.2) is 4.79 Å². The predicted molar refractivity (Wildman–Crippen MR) is 52.3 cm³/mol. The minimum Gasteiger partial charge on any atom is -0.453 e. The first-order valence-corrected chi connectivity index (χ1v) is 4.83. The fourth-order valence-corrected chi connectivity index (χ4v) is 1.36. The molecule has 1 aliphatic heterocycles. The van der Waals surface area contributed by atoms with Gasteiger partial charge in [-0.2, -0.15) is 0 Å². The number of ether oxygens (including phenoxy) is 2. The zero-order valence-corrected chi connectivity index (χ0v) is 8.86. The lowest BCUT2D eigenvalue weighted by Crippen LogP contribution is -2.41. The second kappa shape index (κ2) is 5.82. The first-order valence-electron chi connectivity index (χ1n) is 4.83. The fraction of sp³-hybridized carbons (Fsp3) is 0.889. The van der Waals surface area contributed by atoms with E-state index in [2.05, 4.69) is 9.64 Å². The van der Waals surface area contributed by atoms with Crippen molar-refractivity contribution in [1.29, 1.82) is 0 Å². The highest BCUT2D eigenvalue weighted by Gasteiger charge is 2.13. The zero-order valence-electron chi connectivity index (χ0n) is 8.86. The van der Waals surface area contributed by atoms with Crippen molar-refractivity contribution < 1.29 is 14.3 Å². The lowest BCUT2D eigenvalue weighted by molar-refractivity contribution is 0.0342. The Balaban J connectivity index is 2.15. The molecule has 0 aromatic carbocycles. The molecule has 1 fully saturated rings. The Morgan fingerprint density at radius 3 is 2.71 bits per heavy atom. The standard InChI is InChI=1S/C9H18N2O3/c1-10(9(12)13-2)3-4-11-5-7-14-8-6-11/h3-8H2,1-2H3. The molecule has 1 amide bonds. The van der Waals surface area contributed by atoms with Crippen LogP contribution in [0.5, 0.6) is 0 Å². The van der Waals surface area contributed by atoms with Gasteiger partial charge >= 0.3 is 6.09 Å². The molecular formula is C9H18N2O3. The average molecular weight is 202 g/mol. The van der Waals surface area contributed by atoms with Gasteiger partial charge in [0.05, 0.1) is 20.3 Å². The van der Waals surface area contributed by atoms with Crippen molar-refractivity contribution in [3.8, 4) is 0 Å². The summed E-state index contributed by atoms with van der Waals surface area (Å²) in [6.07, 6.45) is -0.279. The minimum absolute atomic E-state index is 0.279. The molecule has 0 aromatic rings. The number of amides is 1. The molecule has 1 aliphatic rings. The van der Waals surface area contributed by atoms with Crippen LogP contribution in [-0.2, 0) is 9.47 Å². The molecule has 0 unspecified atom stereocenters. The Kier molecular flexibility index (Phi) is 4.69. The van der Waals surface area contributed by atoms with E-state index >= 15 is 0 Å². The molecule has 0 N–H and O–H groups in total. The normalized spacial score (nSPS) is 17.9.